The SMILES string of the molecule is CC(N)C(=O)NC(C)C(=O)NC(C(=O)NC(CO)C(=O)O)C(C)C. The van der Waals surface area contributed by atoms with E-state index in [4.69, 9.17) is 15.9 Å². The number of rotatable bonds is 9. The van der Waals surface area contributed by atoms with Crippen molar-refractivity contribution in [1.29, 1.82) is 0 Å². The molecule has 0 rings (SSSR count). The van der Waals surface area contributed by atoms with Crippen molar-refractivity contribution in [2.75, 3.05) is 6.61 Å². The highest BCUT2D eigenvalue weighted by Crippen LogP contribution is 2.03. The standard InChI is InChI=1S/C14H26N4O6/c1-6(2)10(13(22)17-9(5-19)14(23)24)18-12(21)8(4)16-11(20)7(3)15/h6-10,19H,5,15H2,1-4H3,(H,16,20)(H,17,22)(H,18,21)(H,23,24). The average Bonchev–Trinajstić information content (AvgIpc) is 2.48. The van der Waals surface area contributed by atoms with Crippen molar-refractivity contribution >= 4 is 23.7 Å². The lowest BCUT2D eigenvalue weighted by molar-refractivity contribution is -0.143. The lowest BCUT2D eigenvalue weighted by Crippen LogP contribution is -2.58. The number of hydrogen-bond donors (Lipinski definition) is 6. The minimum atomic E-state index is -1.47. The maximum atomic E-state index is 12.1. The maximum absolute atomic E-state index is 12.1. The lowest BCUT2D eigenvalue weighted by Gasteiger charge is -2.25. The van der Waals surface area contributed by atoms with Crippen molar-refractivity contribution in [1.82, 2.24) is 16.0 Å². The first kappa shape index (κ1) is 21.8. The van der Waals surface area contributed by atoms with Gasteiger partial charge in [0.25, 0.3) is 0 Å². The van der Waals surface area contributed by atoms with Gasteiger partial charge in [-0.15, -0.1) is 0 Å². The number of carbonyl (C=O) groups is 4. The van der Waals surface area contributed by atoms with Crippen LogP contribution in [0.2, 0.25) is 0 Å². The Bertz CT molecular complexity index is 480. The Balaban J connectivity index is 4.89. The molecule has 0 saturated heterocycles. The maximum Gasteiger partial charge on any atom is 0.328 e. The van der Waals surface area contributed by atoms with Gasteiger partial charge in [-0.25, -0.2) is 4.79 Å². The summed E-state index contributed by atoms with van der Waals surface area (Å²) in [6, 6.07) is -4.21. The van der Waals surface area contributed by atoms with Crippen LogP contribution in [0.25, 0.3) is 0 Å². The van der Waals surface area contributed by atoms with E-state index in [-0.39, 0.29) is 5.92 Å². The number of nitrogens with two attached hydrogens (primary N) is 1. The Kier molecular flexibility index (Phi) is 8.93. The fourth-order valence-corrected chi connectivity index (χ4v) is 1.67. The summed E-state index contributed by atoms with van der Waals surface area (Å²) in [6.45, 7) is 5.43. The summed E-state index contributed by atoms with van der Waals surface area (Å²) < 4.78 is 0. The van der Waals surface area contributed by atoms with Crippen LogP contribution in [-0.4, -0.2) is 64.7 Å². The van der Waals surface area contributed by atoms with Crippen LogP contribution in [0, 0.1) is 5.92 Å². The van der Waals surface area contributed by atoms with E-state index in [9.17, 15) is 19.2 Å². The third-order valence-electron chi connectivity index (χ3n) is 3.21. The molecule has 0 fully saturated rings. The second-order valence-corrected chi connectivity index (χ2v) is 5.83. The van der Waals surface area contributed by atoms with Crippen molar-refractivity contribution in [2.24, 2.45) is 11.7 Å². The number of carboxylic acid groups (broad SMARTS) is 1. The third-order valence-corrected chi connectivity index (χ3v) is 3.21. The number of nitrogens with one attached hydrogen (secondary N) is 3. The molecule has 0 radical (unpaired) electrons. The molecular formula is C14H26N4O6. The van der Waals surface area contributed by atoms with Gasteiger partial charge in [-0.3, -0.25) is 14.4 Å². The molecule has 0 aromatic rings. The fourth-order valence-electron chi connectivity index (χ4n) is 1.67. The van der Waals surface area contributed by atoms with E-state index >= 15 is 0 Å². The molecule has 138 valence electrons. The predicted molar refractivity (Wildman–Crippen MR) is 84.7 cm³/mol. The van der Waals surface area contributed by atoms with Gasteiger partial charge in [-0.2, -0.15) is 0 Å². The summed E-state index contributed by atoms with van der Waals surface area (Å²) in [7, 11) is 0. The number of aliphatic hydroxyl groups is 1. The van der Waals surface area contributed by atoms with Gasteiger partial charge in [0.05, 0.1) is 12.6 Å². The van der Waals surface area contributed by atoms with Crippen LogP contribution in [0.3, 0.4) is 0 Å². The van der Waals surface area contributed by atoms with E-state index in [1.165, 1.54) is 13.8 Å². The van der Waals surface area contributed by atoms with Gasteiger partial charge in [-0.05, 0) is 19.8 Å². The van der Waals surface area contributed by atoms with E-state index in [0.717, 1.165) is 0 Å². The smallest absolute Gasteiger partial charge is 0.328 e. The molecule has 24 heavy (non-hydrogen) atoms. The zero-order valence-corrected chi connectivity index (χ0v) is 14.2. The molecular weight excluding hydrogens is 320 g/mol. The molecule has 0 aromatic heterocycles. The second kappa shape index (κ2) is 9.83. The highest BCUT2D eigenvalue weighted by atomic mass is 16.4. The number of carbonyl (C=O) groups excluding carboxylic acids is 3. The van der Waals surface area contributed by atoms with Crippen molar-refractivity contribution in [3.8, 4) is 0 Å². The summed E-state index contributed by atoms with van der Waals surface area (Å²) in [5.41, 5.74) is 5.39. The molecule has 3 amide bonds. The zero-order chi connectivity index (χ0) is 19.0. The molecule has 10 heteroatoms. The van der Waals surface area contributed by atoms with Gasteiger partial charge < -0.3 is 31.9 Å². The molecule has 0 aromatic carbocycles. The van der Waals surface area contributed by atoms with Gasteiger partial charge in [-0.1, -0.05) is 13.8 Å². The molecule has 0 spiro atoms. The summed E-state index contributed by atoms with van der Waals surface area (Å²) in [6.07, 6.45) is 0. The van der Waals surface area contributed by atoms with Crippen LogP contribution in [0.5, 0.6) is 0 Å². The zero-order valence-electron chi connectivity index (χ0n) is 14.2. The number of hydrogen-bond acceptors (Lipinski definition) is 6. The lowest BCUT2D eigenvalue weighted by atomic mass is 10.0. The van der Waals surface area contributed by atoms with Gasteiger partial charge in [0.2, 0.25) is 17.7 Å². The van der Waals surface area contributed by atoms with Crippen molar-refractivity contribution in [3.05, 3.63) is 0 Å². The first-order valence-corrected chi connectivity index (χ1v) is 7.51. The van der Waals surface area contributed by atoms with Crippen LogP contribution in [-0.2, 0) is 19.2 Å². The highest BCUT2D eigenvalue weighted by Gasteiger charge is 2.30. The quantitative estimate of drug-likeness (QED) is 0.269. The van der Waals surface area contributed by atoms with E-state index in [0.29, 0.717) is 0 Å². The molecule has 0 bridgehead atoms. The van der Waals surface area contributed by atoms with Gasteiger partial charge in [0.15, 0.2) is 0 Å². The largest absolute Gasteiger partial charge is 0.480 e. The minimum absolute atomic E-state index is 0.349. The van der Waals surface area contributed by atoms with Crippen LogP contribution >= 0.6 is 0 Å². The van der Waals surface area contributed by atoms with Crippen LogP contribution in [0.4, 0.5) is 0 Å². The Hall–Kier alpha value is -2.20. The first-order valence-electron chi connectivity index (χ1n) is 7.51. The molecule has 0 saturated carbocycles. The van der Waals surface area contributed by atoms with E-state index in [1.807, 2.05) is 0 Å². The van der Waals surface area contributed by atoms with E-state index in [2.05, 4.69) is 16.0 Å². The predicted octanol–water partition coefficient (Wildman–Crippen LogP) is -2.46. The van der Waals surface area contributed by atoms with Gasteiger partial charge in [0, 0.05) is 0 Å². The van der Waals surface area contributed by atoms with Gasteiger partial charge >= 0.3 is 5.97 Å². The molecule has 7 N–H and O–H groups in total. The highest BCUT2D eigenvalue weighted by molar-refractivity contribution is 5.93. The Morgan fingerprint density at radius 3 is 1.83 bits per heavy atom. The monoisotopic (exact) mass is 346 g/mol. The summed E-state index contributed by atoms with van der Waals surface area (Å²) in [5.74, 6) is -3.62. The van der Waals surface area contributed by atoms with Crippen molar-refractivity contribution in [3.63, 3.8) is 0 Å². The number of aliphatic hydroxyl groups excluding tert-OH is 1. The number of carboxylic acids is 1. The summed E-state index contributed by atoms with van der Waals surface area (Å²) >= 11 is 0. The molecule has 0 heterocycles. The second-order valence-electron chi connectivity index (χ2n) is 5.83. The first-order chi connectivity index (χ1) is 11.0. The topological polar surface area (TPSA) is 171 Å². The molecule has 10 nitrogen and oxygen atoms in total. The molecule has 0 aliphatic rings. The molecule has 4 unspecified atom stereocenters. The minimum Gasteiger partial charge on any atom is -0.480 e. The Morgan fingerprint density at radius 2 is 1.46 bits per heavy atom. The van der Waals surface area contributed by atoms with E-state index in [1.54, 1.807) is 13.8 Å². The number of amides is 3. The van der Waals surface area contributed by atoms with E-state index < -0.39 is 54.5 Å². The van der Waals surface area contributed by atoms with Crippen LogP contribution < -0.4 is 21.7 Å². The van der Waals surface area contributed by atoms with Crippen molar-refractivity contribution < 1.29 is 29.4 Å². The fraction of sp³-hybridized carbons (Fsp3) is 0.714. The molecule has 0 aliphatic carbocycles. The third kappa shape index (κ3) is 6.92. The Labute approximate surface area is 140 Å². The summed E-state index contributed by atoms with van der Waals surface area (Å²) in [5, 5.41) is 24.8. The van der Waals surface area contributed by atoms with Crippen LogP contribution in [0.15, 0.2) is 0 Å². The Morgan fingerprint density at radius 1 is 0.917 bits per heavy atom. The van der Waals surface area contributed by atoms with Crippen molar-refractivity contribution in [2.45, 2.75) is 51.9 Å². The average molecular weight is 346 g/mol. The molecule has 0 aliphatic heterocycles. The normalized spacial score (nSPS) is 15.8. The van der Waals surface area contributed by atoms with Crippen LogP contribution in [0.1, 0.15) is 27.7 Å². The van der Waals surface area contributed by atoms with Gasteiger partial charge in [0.1, 0.15) is 18.1 Å². The molecule has 4 atom stereocenters. The number of aliphatic carboxylic acids is 1. The summed E-state index contributed by atoms with van der Waals surface area (Å²) in [4.78, 5) is 46.6.